The van der Waals surface area contributed by atoms with Crippen molar-refractivity contribution in [1.82, 2.24) is 19.3 Å². The molecule has 4 nitrogen and oxygen atoms in total. The fourth-order valence-electron chi connectivity index (χ4n) is 2.53. The van der Waals surface area contributed by atoms with Crippen molar-refractivity contribution in [2.75, 3.05) is 0 Å². The first-order valence-corrected chi connectivity index (χ1v) is 7.93. The quantitative estimate of drug-likeness (QED) is 0.574. The van der Waals surface area contributed by atoms with E-state index in [4.69, 9.17) is 0 Å². The Labute approximate surface area is 132 Å². The van der Waals surface area contributed by atoms with Crippen LogP contribution in [0.2, 0.25) is 0 Å². The lowest BCUT2D eigenvalue weighted by Crippen LogP contribution is -2.05. The van der Waals surface area contributed by atoms with Gasteiger partial charge in [-0.3, -0.25) is 0 Å². The zero-order chi connectivity index (χ0) is 14.8. The summed E-state index contributed by atoms with van der Waals surface area (Å²) in [6, 6.07) is 14.4. The van der Waals surface area contributed by atoms with Crippen LogP contribution in [0.15, 0.2) is 72.6 Å². The third kappa shape index (κ3) is 2.35. The molecule has 0 aliphatic carbocycles. The van der Waals surface area contributed by atoms with Crippen LogP contribution in [0, 0.1) is 0 Å². The molecule has 3 aromatic heterocycles. The number of thiophene rings is 1. The second-order valence-corrected chi connectivity index (χ2v) is 5.88. The summed E-state index contributed by atoms with van der Waals surface area (Å²) in [6.45, 7) is 0.767. The van der Waals surface area contributed by atoms with Crippen molar-refractivity contribution in [2.24, 2.45) is 0 Å². The number of imidazole rings is 1. The predicted octanol–water partition coefficient (Wildman–Crippen LogP) is 3.85. The molecule has 0 saturated heterocycles. The molecule has 0 saturated carbocycles. The third-order valence-corrected chi connectivity index (χ3v) is 4.41. The lowest BCUT2D eigenvalue weighted by atomic mass is 10.1. The van der Waals surface area contributed by atoms with Crippen molar-refractivity contribution in [3.63, 3.8) is 0 Å². The normalized spacial score (nSPS) is 10.9. The molecule has 1 aromatic carbocycles. The number of para-hydroxylation sites is 1. The van der Waals surface area contributed by atoms with Gasteiger partial charge in [0.15, 0.2) is 0 Å². The van der Waals surface area contributed by atoms with Gasteiger partial charge >= 0.3 is 0 Å². The van der Waals surface area contributed by atoms with Crippen molar-refractivity contribution < 1.29 is 0 Å². The lowest BCUT2D eigenvalue weighted by molar-refractivity contribution is 0.783. The van der Waals surface area contributed by atoms with Crippen molar-refractivity contribution >= 4 is 11.3 Å². The van der Waals surface area contributed by atoms with Crippen LogP contribution < -0.4 is 0 Å². The highest BCUT2D eigenvalue weighted by atomic mass is 32.1. The molecule has 0 fully saturated rings. The molecule has 0 unspecified atom stereocenters. The van der Waals surface area contributed by atoms with Crippen LogP contribution in [0.5, 0.6) is 0 Å². The van der Waals surface area contributed by atoms with Crippen LogP contribution in [-0.4, -0.2) is 19.3 Å². The molecule has 4 aromatic rings. The summed E-state index contributed by atoms with van der Waals surface area (Å²) in [5.41, 5.74) is 2.31. The van der Waals surface area contributed by atoms with Gasteiger partial charge in [-0.25, -0.2) is 9.67 Å². The smallest absolute Gasteiger partial charge is 0.150 e. The van der Waals surface area contributed by atoms with Crippen molar-refractivity contribution in [2.45, 2.75) is 6.54 Å². The van der Waals surface area contributed by atoms with Gasteiger partial charge in [0.05, 0.1) is 17.1 Å². The maximum Gasteiger partial charge on any atom is 0.150 e. The van der Waals surface area contributed by atoms with Gasteiger partial charge in [0, 0.05) is 24.8 Å². The number of rotatable bonds is 4. The molecule has 0 amide bonds. The van der Waals surface area contributed by atoms with E-state index in [0.29, 0.717) is 0 Å². The number of nitrogens with zero attached hydrogens (tertiary/aromatic N) is 4. The van der Waals surface area contributed by atoms with Gasteiger partial charge in [-0.2, -0.15) is 5.10 Å². The Hall–Kier alpha value is -2.66. The molecule has 22 heavy (non-hydrogen) atoms. The van der Waals surface area contributed by atoms with E-state index >= 15 is 0 Å². The topological polar surface area (TPSA) is 35.6 Å². The van der Waals surface area contributed by atoms with E-state index in [-0.39, 0.29) is 0 Å². The van der Waals surface area contributed by atoms with E-state index in [0.717, 1.165) is 18.1 Å². The first-order chi connectivity index (χ1) is 10.9. The molecule has 3 heterocycles. The highest BCUT2D eigenvalue weighted by Crippen LogP contribution is 2.24. The van der Waals surface area contributed by atoms with Crippen LogP contribution in [0.4, 0.5) is 0 Å². The molecule has 0 aliphatic rings. The van der Waals surface area contributed by atoms with Crippen LogP contribution in [0.25, 0.3) is 16.4 Å². The summed E-state index contributed by atoms with van der Waals surface area (Å²) in [6.07, 6.45) is 7.64. The molecule has 4 rings (SSSR count). The molecule has 108 valence electrons. The van der Waals surface area contributed by atoms with Crippen LogP contribution in [0.3, 0.4) is 0 Å². The first-order valence-electron chi connectivity index (χ1n) is 7.05. The molecule has 0 radical (unpaired) electrons. The van der Waals surface area contributed by atoms with Crippen molar-refractivity contribution in [3.8, 4) is 16.4 Å². The van der Waals surface area contributed by atoms with Gasteiger partial charge in [0.1, 0.15) is 5.82 Å². The molecule has 5 heteroatoms. The van der Waals surface area contributed by atoms with Crippen molar-refractivity contribution in [1.29, 1.82) is 0 Å². The van der Waals surface area contributed by atoms with Crippen LogP contribution in [-0.2, 0) is 6.54 Å². The summed E-state index contributed by atoms with van der Waals surface area (Å²) in [5, 5.41) is 6.42. The first kappa shape index (κ1) is 13.0. The fourth-order valence-corrected chi connectivity index (χ4v) is 3.27. The Morgan fingerprint density at radius 1 is 0.955 bits per heavy atom. The Kier molecular flexibility index (Phi) is 3.33. The molecule has 0 bridgehead atoms. The van der Waals surface area contributed by atoms with Gasteiger partial charge in [0.2, 0.25) is 0 Å². The number of aromatic nitrogens is 4. The van der Waals surface area contributed by atoms with E-state index in [9.17, 15) is 0 Å². The zero-order valence-corrected chi connectivity index (χ0v) is 12.6. The van der Waals surface area contributed by atoms with E-state index in [1.54, 1.807) is 17.5 Å². The zero-order valence-electron chi connectivity index (χ0n) is 11.8. The van der Waals surface area contributed by atoms with E-state index < -0.39 is 0 Å². The number of benzene rings is 1. The Bertz CT molecular complexity index is 860. The second-order valence-electron chi connectivity index (χ2n) is 4.94. The molecule has 0 spiro atoms. The third-order valence-electron chi connectivity index (χ3n) is 3.54. The standard InChI is InChI=1S/C17H14N4S/c1-2-6-15(21-10-4-8-19-21)14(5-1)13-20-11-9-18-17(20)16-7-3-12-22-16/h1-12H,13H2. The van der Waals surface area contributed by atoms with E-state index in [2.05, 4.69) is 50.4 Å². The second kappa shape index (κ2) is 5.61. The predicted molar refractivity (Wildman–Crippen MR) is 88.2 cm³/mol. The van der Waals surface area contributed by atoms with Crippen LogP contribution in [0.1, 0.15) is 5.56 Å². The van der Waals surface area contributed by atoms with Crippen molar-refractivity contribution in [3.05, 3.63) is 78.2 Å². The molecule has 0 N–H and O–H groups in total. The van der Waals surface area contributed by atoms with Gasteiger partial charge in [-0.1, -0.05) is 24.3 Å². The Morgan fingerprint density at radius 2 is 1.91 bits per heavy atom. The average Bonchev–Trinajstić information content (AvgIpc) is 3.30. The van der Waals surface area contributed by atoms with Gasteiger partial charge in [0.25, 0.3) is 0 Å². The lowest BCUT2D eigenvalue weighted by Gasteiger charge is -2.12. The molecular weight excluding hydrogens is 292 g/mol. The maximum atomic E-state index is 4.50. The average molecular weight is 306 g/mol. The summed E-state index contributed by atoms with van der Waals surface area (Å²) >= 11 is 1.71. The summed E-state index contributed by atoms with van der Waals surface area (Å²) < 4.78 is 4.07. The minimum absolute atomic E-state index is 0.767. The van der Waals surface area contributed by atoms with Crippen LogP contribution >= 0.6 is 11.3 Å². The maximum absolute atomic E-state index is 4.50. The highest BCUT2D eigenvalue weighted by Gasteiger charge is 2.10. The summed E-state index contributed by atoms with van der Waals surface area (Å²) in [7, 11) is 0. The molecule has 0 atom stereocenters. The van der Waals surface area contributed by atoms with Gasteiger partial charge in [-0.05, 0) is 29.1 Å². The molecule has 0 aliphatic heterocycles. The fraction of sp³-hybridized carbons (Fsp3) is 0.0588. The number of hydrogen-bond donors (Lipinski definition) is 0. The Balaban J connectivity index is 1.73. The monoisotopic (exact) mass is 306 g/mol. The largest absolute Gasteiger partial charge is 0.326 e. The number of hydrogen-bond acceptors (Lipinski definition) is 3. The summed E-state index contributed by atoms with van der Waals surface area (Å²) in [4.78, 5) is 5.68. The minimum Gasteiger partial charge on any atom is -0.326 e. The minimum atomic E-state index is 0.767. The molecular formula is C17H14N4S. The van der Waals surface area contributed by atoms with E-state index in [1.165, 1.54) is 10.4 Å². The van der Waals surface area contributed by atoms with Gasteiger partial charge < -0.3 is 4.57 Å². The highest BCUT2D eigenvalue weighted by molar-refractivity contribution is 7.13. The Morgan fingerprint density at radius 3 is 2.73 bits per heavy atom. The van der Waals surface area contributed by atoms with E-state index in [1.807, 2.05) is 35.4 Å². The SMILES string of the molecule is c1csc(-c2nccn2Cc2ccccc2-n2cccn2)c1. The summed E-state index contributed by atoms with van der Waals surface area (Å²) in [5.74, 6) is 1.00. The van der Waals surface area contributed by atoms with Gasteiger partial charge in [-0.15, -0.1) is 11.3 Å².